The van der Waals surface area contributed by atoms with E-state index in [2.05, 4.69) is 55.4 Å². The maximum absolute atomic E-state index is 4.53. The number of rotatable bonds is 5. The number of hydrogen-bond donors (Lipinski definition) is 0. The molecule has 2 aromatic rings. The van der Waals surface area contributed by atoms with E-state index < -0.39 is 0 Å². The summed E-state index contributed by atoms with van der Waals surface area (Å²) in [5, 5.41) is 0. The van der Waals surface area contributed by atoms with Gasteiger partial charge in [0, 0.05) is 6.04 Å². The van der Waals surface area contributed by atoms with Crippen molar-refractivity contribution in [3.05, 3.63) is 30.1 Å². The normalized spacial score (nSPS) is 13.4. The molecule has 0 aliphatic rings. The highest BCUT2D eigenvalue weighted by molar-refractivity contribution is 5.76. The molecule has 0 amide bonds. The first-order valence-corrected chi connectivity index (χ1v) is 7.13. The van der Waals surface area contributed by atoms with E-state index in [1.165, 1.54) is 30.3 Å². The van der Waals surface area contributed by atoms with Gasteiger partial charge in [0.15, 0.2) is 0 Å². The van der Waals surface area contributed by atoms with Crippen LogP contribution in [0.2, 0.25) is 0 Å². The Labute approximate surface area is 110 Å². The smallest absolute Gasteiger partial charge is 0.0960 e. The average molecular weight is 244 g/mol. The fourth-order valence-corrected chi connectivity index (χ4v) is 2.57. The lowest BCUT2D eigenvalue weighted by Crippen LogP contribution is -2.06. The van der Waals surface area contributed by atoms with Crippen LogP contribution in [0.5, 0.6) is 0 Å². The van der Waals surface area contributed by atoms with Crippen LogP contribution in [0.3, 0.4) is 0 Å². The summed E-state index contributed by atoms with van der Waals surface area (Å²) in [5.41, 5.74) is 3.81. The third-order valence-electron chi connectivity index (χ3n) is 3.75. The van der Waals surface area contributed by atoms with Crippen molar-refractivity contribution in [2.75, 3.05) is 0 Å². The molecule has 1 unspecified atom stereocenters. The van der Waals surface area contributed by atoms with E-state index >= 15 is 0 Å². The molecule has 18 heavy (non-hydrogen) atoms. The van der Waals surface area contributed by atoms with Gasteiger partial charge in [-0.3, -0.25) is 0 Å². The predicted molar refractivity (Wildman–Crippen MR) is 78.1 cm³/mol. The third-order valence-corrected chi connectivity index (χ3v) is 3.75. The molecule has 0 spiro atoms. The molecule has 1 aromatic carbocycles. The highest BCUT2D eigenvalue weighted by Gasteiger charge is 2.12. The molecule has 1 heterocycles. The number of hydrogen-bond acceptors (Lipinski definition) is 1. The molecule has 2 rings (SSSR count). The Bertz CT molecular complexity index is 511. The first-order chi connectivity index (χ1) is 8.67. The predicted octanol–water partition coefficient (Wildman–Crippen LogP) is 4.91. The monoisotopic (exact) mass is 244 g/mol. The molecule has 2 nitrogen and oxygen atoms in total. The Balaban J connectivity index is 2.47. The van der Waals surface area contributed by atoms with Gasteiger partial charge < -0.3 is 4.57 Å². The van der Waals surface area contributed by atoms with Crippen LogP contribution < -0.4 is 0 Å². The molecular formula is C16H24N2. The van der Waals surface area contributed by atoms with E-state index in [0.717, 1.165) is 5.52 Å². The summed E-state index contributed by atoms with van der Waals surface area (Å²) in [5.74, 6) is 0.573. The van der Waals surface area contributed by atoms with Gasteiger partial charge in [0.1, 0.15) is 0 Å². The van der Waals surface area contributed by atoms with E-state index in [1.54, 1.807) is 0 Å². The highest BCUT2D eigenvalue weighted by Crippen LogP contribution is 2.26. The van der Waals surface area contributed by atoms with Gasteiger partial charge >= 0.3 is 0 Å². The van der Waals surface area contributed by atoms with Crippen molar-refractivity contribution < 1.29 is 0 Å². The SMILES string of the molecule is CCCC(CC)n1cnc2ccc(C(C)C)cc21. The van der Waals surface area contributed by atoms with Gasteiger partial charge in [-0.2, -0.15) is 0 Å². The fraction of sp³-hybridized carbons (Fsp3) is 0.562. The van der Waals surface area contributed by atoms with Crippen LogP contribution in [0.1, 0.15) is 64.5 Å². The molecule has 0 aliphatic heterocycles. The Kier molecular flexibility index (Phi) is 4.05. The molecule has 0 N–H and O–H groups in total. The Morgan fingerprint density at radius 1 is 1.22 bits per heavy atom. The molecule has 2 heteroatoms. The second-order valence-corrected chi connectivity index (χ2v) is 5.41. The zero-order chi connectivity index (χ0) is 13.1. The minimum atomic E-state index is 0.573. The minimum absolute atomic E-state index is 0.573. The lowest BCUT2D eigenvalue weighted by atomic mass is 10.0. The van der Waals surface area contributed by atoms with Gasteiger partial charge in [-0.1, -0.05) is 40.2 Å². The van der Waals surface area contributed by atoms with E-state index in [4.69, 9.17) is 0 Å². The van der Waals surface area contributed by atoms with Crippen molar-refractivity contribution in [2.45, 2.75) is 58.9 Å². The van der Waals surface area contributed by atoms with Crippen LogP contribution in [0.4, 0.5) is 0 Å². The Morgan fingerprint density at radius 3 is 2.61 bits per heavy atom. The molecule has 0 fully saturated rings. The van der Waals surface area contributed by atoms with Crippen molar-refractivity contribution in [2.24, 2.45) is 0 Å². The fourth-order valence-electron chi connectivity index (χ4n) is 2.57. The summed E-state index contributed by atoms with van der Waals surface area (Å²) in [6.45, 7) is 9.00. The van der Waals surface area contributed by atoms with E-state index in [0.29, 0.717) is 12.0 Å². The van der Waals surface area contributed by atoms with Gasteiger partial charge in [0.2, 0.25) is 0 Å². The maximum Gasteiger partial charge on any atom is 0.0960 e. The average Bonchev–Trinajstić information content (AvgIpc) is 2.78. The van der Waals surface area contributed by atoms with E-state index in [-0.39, 0.29) is 0 Å². The number of fused-ring (bicyclic) bond motifs is 1. The zero-order valence-electron chi connectivity index (χ0n) is 12.0. The van der Waals surface area contributed by atoms with E-state index in [9.17, 15) is 0 Å². The second kappa shape index (κ2) is 5.55. The quantitative estimate of drug-likeness (QED) is 0.730. The molecule has 0 saturated heterocycles. The van der Waals surface area contributed by atoms with E-state index in [1.807, 2.05) is 6.33 Å². The highest BCUT2D eigenvalue weighted by atomic mass is 15.1. The van der Waals surface area contributed by atoms with Crippen molar-refractivity contribution in [3.8, 4) is 0 Å². The zero-order valence-corrected chi connectivity index (χ0v) is 12.0. The Morgan fingerprint density at radius 2 is 2.00 bits per heavy atom. The van der Waals surface area contributed by atoms with Gasteiger partial charge in [-0.05, 0) is 36.5 Å². The van der Waals surface area contributed by atoms with Crippen LogP contribution in [-0.2, 0) is 0 Å². The minimum Gasteiger partial charge on any atom is -0.327 e. The van der Waals surface area contributed by atoms with Gasteiger partial charge in [-0.25, -0.2) is 4.98 Å². The lowest BCUT2D eigenvalue weighted by molar-refractivity contribution is 0.457. The summed E-state index contributed by atoms with van der Waals surface area (Å²) < 4.78 is 2.37. The van der Waals surface area contributed by atoms with Crippen molar-refractivity contribution in [3.63, 3.8) is 0 Å². The van der Waals surface area contributed by atoms with Gasteiger partial charge in [0.05, 0.1) is 17.4 Å². The third kappa shape index (κ3) is 2.43. The summed E-state index contributed by atoms with van der Waals surface area (Å²) in [6, 6.07) is 7.25. The van der Waals surface area contributed by atoms with Crippen LogP contribution in [0, 0.1) is 0 Å². The first-order valence-electron chi connectivity index (χ1n) is 7.13. The molecule has 0 radical (unpaired) electrons. The van der Waals surface area contributed by atoms with Crippen LogP contribution in [-0.4, -0.2) is 9.55 Å². The van der Waals surface area contributed by atoms with Crippen LogP contribution in [0.15, 0.2) is 24.5 Å². The van der Waals surface area contributed by atoms with Gasteiger partial charge in [-0.15, -0.1) is 0 Å². The van der Waals surface area contributed by atoms with Crippen LogP contribution >= 0.6 is 0 Å². The van der Waals surface area contributed by atoms with Crippen LogP contribution in [0.25, 0.3) is 11.0 Å². The van der Waals surface area contributed by atoms with Crippen molar-refractivity contribution in [1.29, 1.82) is 0 Å². The number of imidazole rings is 1. The summed E-state index contributed by atoms with van der Waals surface area (Å²) in [7, 11) is 0. The standard InChI is InChI=1S/C16H24N2/c1-5-7-14(6-2)18-11-17-15-9-8-13(12(3)4)10-16(15)18/h8-12,14H,5-7H2,1-4H3. The molecule has 1 aromatic heterocycles. The summed E-state index contributed by atoms with van der Waals surface area (Å²) in [4.78, 5) is 4.53. The molecular weight excluding hydrogens is 220 g/mol. The van der Waals surface area contributed by atoms with Gasteiger partial charge in [0.25, 0.3) is 0 Å². The molecule has 98 valence electrons. The first kappa shape index (κ1) is 13.1. The molecule has 0 bridgehead atoms. The second-order valence-electron chi connectivity index (χ2n) is 5.41. The topological polar surface area (TPSA) is 17.8 Å². The number of aromatic nitrogens is 2. The molecule has 0 aliphatic carbocycles. The number of nitrogens with zero attached hydrogens (tertiary/aromatic N) is 2. The van der Waals surface area contributed by atoms with Crippen molar-refractivity contribution in [1.82, 2.24) is 9.55 Å². The lowest BCUT2D eigenvalue weighted by Gasteiger charge is -2.17. The molecule has 0 saturated carbocycles. The summed E-state index contributed by atoms with van der Waals surface area (Å²) >= 11 is 0. The number of benzene rings is 1. The summed E-state index contributed by atoms with van der Waals surface area (Å²) in [6.07, 6.45) is 5.64. The molecule has 1 atom stereocenters. The Hall–Kier alpha value is -1.31. The van der Waals surface area contributed by atoms with Crippen molar-refractivity contribution >= 4 is 11.0 Å². The largest absolute Gasteiger partial charge is 0.327 e. The maximum atomic E-state index is 4.53.